The molecule has 1 rings (SSSR count). The van der Waals surface area contributed by atoms with Crippen LogP contribution in [0.3, 0.4) is 0 Å². The van der Waals surface area contributed by atoms with Crippen LogP contribution in [0.5, 0.6) is 0 Å². The van der Waals surface area contributed by atoms with Gasteiger partial charge in [0.25, 0.3) is 0 Å². The third-order valence-corrected chi connectivity index (χ3v) is 3.73. The van der Waals surface area contributed by atoms with Gasteiger partial charge in [0, 0.05) is 0 Å². The van der Waals surface area contributed by atoms with E-state index in [0.717, 1.165) is 12.1 Å². The predicted molar refractivity (Wildman–Crippen MR) is 80.8 cm³/mol. The van der Waals surface area contributed by atoms with Gasteiger partial charge in [-0.15, -0.1) is 0 Å². The number of hydrogen-bond donors (Lipinski definition) is 2. The van der Waals surface area contributed by atoms with Gasteiger partial charge in [-0.25, -0.2) is 0 Å². The molecule has 0 saturated heterocycles. The van der Waals surface area contributed by atoms with Gasteiger partial charge in [-0.2, -0.15) is 0 Å². The molecule has 0 spiro atoms. The van der Waals surface area contributed by atoms with Crippen LogP contribution >= 0.6 is 0 Å². The minimum atomic E-state index is 0.246. The van der Waals surface area contributed by atoms with Gasteiger partial charge >= 0.3 is 0 Å². The van der Waals surface area contributed by atoms with E-state index in [1.165, 1.54) is 11.1 Å². The van der Waals surface area contributed by atoms with Gasteiger partial charge in [-0.3, -0.25) is 5.84 Å². The van der Waals surface area contributed by atoms with Gasteiger partial charge in [0.1, 0.15) is 0 Å². The number of benzene rings is 1. The largest absolute Gasteiger partial charge is 0.324 e. The molecular weight excluding hydrogens is 220 g/mol. The molecule has 2 nitrogen and oxygen atoms in total. The lowest BCUT2D eigenvalue weighted by molar-refractivity contribution is 0.313. The van der Waals surface area contributed by atoms with Crippen molar-refractivity contribution in [3.05, 3.63) is 29.3 Å². The predicted octanol–water partition coefficient (Wildman–Crippen LogP) is 4.64. The maximum Gasteiger partial charge on any atom is 0.0520 e. The molecule has 1 unspecified atom stereocenters. The molecule has 3 N–H and O–H groups in total. The summed E-state index contributed by atoms with van der Waals surface area (Å²) in [4.78, 5) is 0. The molecule has 2 heteroatoms. The Kier molecular flexibility index (Phi) is 4.80. The van der Waals surface area contributed by atoms with Gasteiger partial charge in [-0.1, -0.05) is 53.7 Å². The molecule has 0 aliphatic heterocycles. The van der Waals surface area contributed by atoms with Crippen molar-refractivity contribution in [3.8, 4) is 0 Å². The summed E-state index contributed by atoms with van der Waals surface area (Å²) < 4.78 is 0. The molecule has 18 heavy (non-hydrogen) atoms. The van der Waals surface area contributed by atoms with E-state index in [1.54, 1.807) is 0 Å². The third kappa shape index (κ3) is 3.26. The zero-order valence-electron chi connectivity index (χ0n) is 12.7. The Morgan fingerprint density at radius 2 is 1.83 bits per heavy atom. The Morgan fingerprint density at radius 3 is 2.22 bits per heavy atom. The first kappa shape index (κ1) is 15.0. The summed E-state index contributed by atoms with van der Waals surface area (Å²) in [5.74, 6) is 6.73. The van der Waals surface area contributed by atoms with E-state index in [0.29, 0.717) is 11.8 Å². The summed E-state index contributed by atoms with van der Waals surface area (Å²) in [6, 6.07) is 6.59. The van der Waals surface area contributed by atoms with E-state index >= 15 is 0 Å². The van der Waals surface area contributed by atoms with Crippen LogP contribution in [0.1, 0.15) is 70.9 Å². The Labute approximate surface area is 112 Å². The highest BCUT2D eigenvalue weighted by Crippen LogP contribution is 2.41. The van der Waals surface area contributed by atoms with Crippen molar-refractivity contribution >= 4 is 5.69 Å². The van der Waals surface area contributed by atoms with Crippen molar-refractivity contribution in [1.29, 1.82) is 0 Å². The summed E-state index contributed by atoms with van der Waals surface area (Å²) in [5.41, 5.74) is 6.88. The number of rotatable bonds is 4. The zero-order chi connectivity index (χ0) is 13.9. The first-order chi connectivity index (χ1) is 8.31. The second-order valence-corrected chi connectivity index (χ2v) is 6.47. The van der Waals surface area contributed by atoms with Crippen LogP contribution in [-0.4, -0.2) is 0 Å². The number of anilines is 1. The van der Waals surface area contributed by atoms with Gasteiger partial charge in [0.05, 0.1) is 5.69 Å². The molecular formula is C16H28N2. The molecule has 0 aliphatic rings. The average molecular weight is 248 g/mol. The van der Waals surface area contributed by atoms with E-state index in [9.17, 15) is 0 Å². The fourth-order valence-corrected chi connectivity index (χ4v) is 2.66. The van der Waals surface area contributed by atoms with Crippen LogP contribution < -0.4 is 11.3 Å². The van der Waals surface area contributed by atoms with Crippen LogP contribution in [-0.2, 0) is 0 Å². The molecule has 0 heterocycles. The van der Waals surface area contributed by atoms with Crippen molar-refractivity contribution in [1.82, 2.24) is 0 Å². The Hall–Kier alpha value is -1.02. The molecule has 1 atom stereocenters. The fraction of sp³-hybridized carbons (Fsp3) is 0.625. The topological polar surface area (TPSA) is 38.0 Å². The number of nitrogen functional groups attached to an aromatic ring is 1. The van der Waals surface area contributed by atoms with Gasteiger partial charge in [-0.05, 0) is 40.9 Å². The lowest BCUT2D eigenvalue weighted by Crippen LogP contribution is -2.21. The van der Waals surface area contributed by atoms with Crippen LogP contribution in [0.25, 0.3) is 0 Å². The Bertz CT molecular complexity index is 389. The van der Waals surface area contributed by atoms with Crippen molar-refractivity contribution in [2.24, 2.45) is 11.3 Å². The van der Waals surface area contributed by atoms with E-state index in [1.807, 2.05) is 0 Å². The SMILES string of the molecule is CCC(c1cc(C(C)C)ccc1NN)C(C)(C)C. The minimum absolute atomic E-state index is 0.246. The van der Waals surface area contributed by atoms with Gasteiger partial charge in [0.15, 0.2) is 0 Å². The number of hydrogen-bond acceptors (Lipinski definition) is 2. The Balaban J connectivity index is 3.30. The standard InChI is InChI=1S/C16H28N2/c1-7-14(16(4,5)6)13-10-12(11(2)3)8-9-15(13)18-17/h8-11,14,18H,7,17H2,1-6H3. The monoisotopic (exact) mass is 248 g/mol. The van der Waals surface area contributed by atoms with Crippen molar-refractivity contribution in [3.63, 3.8) is 0 Å². The fourth-order valence-electron chi connectivity index (χ4n) is 2.66. The molecule has 0 fully saturated rings. The third-order valence-electron chi connectivity index (χ3n) is 3.73. The lowest BCUT2D eigenvalue weighted by atomic mass is 9.74. The van der Waals surface area contributed by atoms with E-state index in [2.05, 4.69) is 65.2 Å². The Morgan fingerprint density at radius 1 is 1.22 bits per heavy atom. The zero-order valence-corrected chi connectivity index (χ0v) is 12.7. The quantitative estimate of drug-likeness (QED) is 0.602. The first-order valence-corrected chi connectivity index (χ1v) is 6.91. The molecule has 0 bridgehead atoms. The molecule has 0 saturated carbocycles. The maximum atomic E-state index is 5.66. The summed E-state index contributed by atoms with van der Waals surface area (Å²) in [7, 11) is 0. The molecule has 102 valence electrons. The highest BCUT2D eigenvalue weighted by atomic mass is 15.2. The minimum Gasteiger partial charge on any atom is -0.324 e. The molecule has 0 aliphatic carbocycles. The van der Waals surface area contributed by atoms with E-state index in [4.69, 9.17) is 5.84 Å². The summed E-state index contributed by atoms with van der Waals surface area (Å²) in [6.45, 7) is 13.6. The number of nitrogens with one attached hydrogen (secondary N) is 1. The molecule has 0 amide bonds. The summed E-state index contributed by atoms with van der Waals surface area (Å²) in [6.07, 6.45) is 1.12. The molecule has 1 aromatic carbocycles. The highest BCUT2D eigenvalue weighted by Gasteiger charge is 2.26. The maximum absolute atomic E-state index is 5.66. The van der Waals surface area contributed by atoms with Gasteiger partial charge in [0.2, 0.25) is 0 Å². The van der Waals surface area contributed by atoms with Crippen molar-refractivity contribution < 1.29 is 0 Å². The lowest BCUT2D eigenvalue weighted by Gasteiger charge is -2.32. The number of hydrazine groups is 1. The second-order valence-electron chi connectivity index (χ2n) is 6.47. The molecule has 1 aromatic rings. The van der Waals surface area contributed by atoms with Crippen molar-refractivity contribution in [2.45, 2.75) is 59.8 Å². The van der Waals surface area contributed by atoms with E-state index < -0.39 is 0 Å². The molecule has 0 aromatic heterocycles. The van der Waals surface area contributed by atoms with Crippen molar-refractivity contribution in [2.75, 3.05) is 5.43 Å². The van der Waals surface area contributed by atoms with E-state index in [-0.39, 0.29) is 5.41 Å². The summed E-state index contributed by atoms with van der Waals surface area (Å²) in [5, 5.41) is 0. The normalized spacial score (nSPS) is 13.8. The smallest absolute Gasteiger partial charge is 0.0520 e. The van der Waals surface area contributed by atoms with Crippen LogP contribution in [0.2, 0.25) is 0 Å². The van der Waals surface area contributed by atoms with Crippen LogP contribution in [0.15, 0.2) is 18.2 Å². The molecule has 0 radical (unpaired) electrons. The van der Waals surface area contributed by atoms with Crippen LogP contribution in [0, 0.1) is 5.41 Å². The highest BCUT2D eigenvalue weighted by molar-refractivity contribution is 5.54. The first-order valence-electron chi connectivity index (χ1n) is 6.91. The second kappa shape index (κ2) is 5.75. The van der Waals surface area contributed by atoms with Gasteiger partial charge < -0.3 is 5.43 Å². The summed E-state index contributed by atoms with van der Waals surface area (Å²) >= 11 is 0. The average Bonchev–Trinajstić information content (AvgIpc) is 2.27. The number of nitrogens with two attached hydrogens (primary N) is 1. The van der Waals surface area contributed by atoms with Crippen LogP contribution in [0.4, 0.5) is 5.69 Å².